The number of nitrogens with two attached hydrogens (primary N) is 1. The van der Waals surface area contributed by atoms with E-state index in [1.165, 1.54) is 23.5 Å². The Morgan fingerprint density at radius 2 is 1.97 bits per heavy atom. The molecule has 35 heavy (non-hydrogen) atoms. The Hall–Kier alpha value is -2.90. The van der Waals surface area contributed by atoms with Crippen LogP contribution in [0.25, 0.3) is 11.2 Å². The van der Waals surface area contributed by atoms with Gasteiger partial charge in [-0.2, -0.15) is 0 Å². The average Bonchev–Trinajstić information content (AvgIpc) is 3.54. The van der Waals surface area contributed by atoms with Crippen molar-refractivity contribution in [2.75, 3.05) is 5.32 Å². The zero-order valence-corrected chi connectivity index (χ0v) is 20.1. The molecular formula is C23H26N6O5S. The molecule has 5 atom stereocenters. The third kappa shape index (κ3) is 4.10. The van der Waals surface area contributed by atoms with Gasteiger partial charge in [0.25, 0.3) is 0 Å². The van der Waals surface area contributed by atoms with Gasteiger partial charge in [0.1, 0.15) is 24.6 Å². The molecule has 184 valence electrons. The van der Waals surface area contributed by atoms with Crippen molar-refractivity contribution in [1.82, 2.24) is 19.5 Å². The van der Waals surface area contributed by atoms with E-state index >= 15 is 0 Å². The summed E-state index contributed by atoms with van der Waals surface area (Å²) in [5.74, 6) is -0.224. The quantitative estimate of drug-likeness (QED) is 0.541. The van der Waals surface area contributed by atoms with Gasteiger partial charge in [0.15, 0.2) is 29.0 Å². The Bertz CT molecular complexity index is 1420. The van der Waals surface area contributed by atoms with E-state index in [1.807, 2.05) is 6.07 Å². The van der Waals surface area contributed by atoms with Crippen LogP contribution in [0.5, 0.6) is 0 Å². The maximum Gasteiger partial charge on any atom is 0.230 e. The molecule has 2 aromatic heterocycles. The number of sulfonamides is 1. The highest BCUT2D eigenvalue weighted by Gasteiger charge is 2.55. The maximum absolute atomic E-state index is 11.5. The molecule has 1 aliphatic carbocycles. The van der Waals surface area contributed by atoms with Crippen molar-refractivity contribution in [2.45, 2.75) is 63.1 Å². The molecule has 6 rings (SSSR count). The first kappa shape index (κ1) is 22.6. The second-order valence-electron chi connectivity index (χ2n) is 9.45. The number of aryl methyl sites for hydroxylation is 1. The molecule has 3 aliphatic rings. The molecule has 12 heteroatoms. The summed E-state index contributed by atoms with van der Waals surface area (Å²) in [6, 6.07) is 8.53. The number of imidazole rings is 1. The summed E-state index contributed by atoms with van der Waals surface area (Å²) in [6.45, 7) is 3.61. The van der Waals surface area contributed by atoms with E-state index < -0.39 is 40.4 Å². The fourth-order valence-corrected chi connectivity index (χ4v) is 5.56. The minimum absolute atomic E-state index is 0.140. The van der Waals surface area contributed by atoms with Crippen LogP contribution in [0.15, 0.2) is 48.4 Å². The van der Waals surface area contributed by atoms with Crippen LogP contribution in [0.1, 0.15) is 43.7 Å². The molecule has 11 nitrogen and oxygen atoms in total. The Labute approximate surface area is 202 Å². The highest BCUT2D eigenvalue weighted by atomic mass is 32.2. The van der Waals surface area contributed by atoms with Gasteiger partial charge in [0, 0.05) is 5.41 Å². The van der Waals surface area contributed by atoms with Gasteiger partial charge in [-0.05, 0) is 43.9 Å². The summed E-state index contributed by atoms with van der Waals surface area (Å²) in [4.78, 5) is 13.5. The second kappa shape index (κ2) is 8.07. The summed E-state index contributed by atoms with van der Waals surface area (Å²) in [6.07, 6.45) is 4.13. The largest absolute Gasteiger partial charge is 0.361 e. The Morgan fingerprint density at radius 3 is 2.80 bits per heavy atom. The Kier molecular flexibility index (Phi) is 5.20. The molecule has 0 bridgehead atoms. The SMILES string of the molecule is CC1(C)O[C@@H]2[C@H](O1)[C@@H](C=CS(N)(=O)=O)O[C@H]2n1cnc2c(NC3CCc4ccccc43)ncnc21. The van der Waals surface area contributed by atoms with E-state index in [9.17, 15) is 8.42 Å². The van der Waals surface area contributed by atoms with Gasteiger partial charge in [0.2, 0.25) is 10.0 Å². The summed E-state index contributed by atoms with van der Waals surface area (Å²) in [5, 5.41) is 9.59. The first-order chi connectivity index (χ1) is 16.7. The van der Waals surface area contributed by atoms with Crippen LogP contribution in [0.3, 0.4) is 0 Å². The summed E-state index contributed by atoms with van der Waals surface area (Å²) in [5.41, 5.74) is 3.79. The number of hydrogen-bond donors (Lipinski definition) is 2. The lowest BCUT2D eigenvalue weighted by molar-refractivity contribution is -0.191. The Morgan fingerprint density at radius 1 is 1.17 bits per heavy atom. The van der Waals surface area contributed by atoms with E-state index in [-0.39, 0.29) is 6.04 Å². The van der Waals surface area contributed by atoms with Crippen LogP contribution >= 0.6 is 0 Å². The zero-order chi connectivity index (χ0) is 24.4. The van der Waals surface area contributed by atoms with Gasteiger partial charge in [-0.1, -0.05) is 24.3 Å². The normalized spacial score (nSPS) is 29.6. The number of nitrogens with one attached hydrogen (secondary N) is 1. The van der Waals surface area contributed by atoms with Crippen molar-refractivity contribution >= 4 is 27.0 Å². The average molecular weight is 499 g/mol. The molecule has 0 amide bonds. The summed E-state index contributed by atoms with van der Waals surface area (Å²) < 4.78 is 43.0. The van der Waals surface area contributed by atoms with Gasteiger partial charge >= 0.3 is 0 Å². The second-order valence-corrected chi connectivity index (χ2v) is 10.9. The van der Waals surface area contributed by atoms with Gasteiger partial charge < -0.3 is 19.5 Å². The number of anilines is 1. The predicted octanol–water partition coefficient (Wildman–Crippen LogP) is 2.15. The molecule has 0 saturated carbocycles. The van der Waals surface area contributed by atoms with E-state index in [1.54, 1.807) is 24.7 Å². The highest BCUT2D eigenvalue weighted by Crippen LogP contribution is 2.44. The van der Waals surface area contributed by atoms with Crippen LogP contribution in [-0.2, 0) is 30.7 Å². The van der Waals surface area contributed by atoms with Gasteiger partial charge in [-0.25, -0.2) is 28.5 Å². The van der Waals surface area contributed by atoms with E-state index in [4.69, 9.17) is 19.3 Å². The number of rotatable bonds is 5. The number of primary sulfonamides is 1. The number of fused-ring (bicyclic) bond motifs is 3. The lowest BCUT2D eigenvalue weighted by Gasteiger charge is -2.24. The fraction of sp³-hybridized carbons (Fsp3) is 0.435. The van der Waals surface area contributed by atoms with E-state index in [0.717, 1.165) is 18.2 Å². The molecule has 3 aromatic rings. The minimum Gasteiger partial charge on any atom is -0.361 e. The number of nitrogens with zero attached hydrogens (tertiary/aromatic N) is 4. The van der Waals surface area contributed by atoms with Crippen molar-refractivity contribution < 1.29 is 22.6 Å². The number of hydrogen-bond acceptors (Lipinski definition) is 9. The monoisotopic (exact) mass is 498 g/mol. The molecular weight excluding hydrogens is 472 g/mol. The fourth-order valence-electron chi connectivity index (χ4n) is 5.19. The van der Waals surface area contributed by atoms with Crippen molar-refractivity contribution in [2.24, 2.45) is 5.14 Å². The predicted molar refractivity (Wildman–Crippen MR) is 126 cm³/mol. The number of ether oxygens (including phenoxy) is 3. The first-order valence-electron chi connectivity index (χ1n) is 11.4. The van der Waals surface area contributed by atoms with Crippen molar-refractivity contribution in [3.05, 3.63) is 59.5 Å². The van der Waals surface area contributed by atoms with Gasteiger partial charge in [-0.15, -0.1) is 0 Å². The smallest absolute Gasteiger partial charge is 0.230 e. The molecule has 2 saturated heterocycles. The lowest BCUT2D eigenvalue weighted by Crippen LogP contribution is -2.28. The van der Waals surface area contributed by atoms with E-state index in [2.05, 4.69) is 38.5 Å². The molecule has 1 aromatic carbocycles. The maximum atomic E-state index is 11.5. The zero-order valence-electron chi connectivity index (χ0n) is 19.2. The molecule has 4 heterocycles. The molecule has 1 unspecified atom stereocenters. The number of benzene rings is 1. The van der Waals surface area contributed by atoms with E-state index in [0.29, 0.717) is 17.0 Å². The summed E-state index contributed by atoms with van der Waals surface area (Å²) in [7, 11) is -3.82. The third-order valence-corrected chi connectivity index (χ3v) is 7.14. The van der Waals surface area contributed by atoms with Gasteiger partial charge in [-0.3, -0.25) is 4.57 Å². The van der Waals surface area contributed by atoms with Crippen LogP contribution in [-0.4, -0.2) is 52.0 Å². The lowest BCUT2D eigenvalue weighted by atomic mass is 10.1. The van der Waals surface area contributed by atoms with Crippen molar-refractivity contribution in [1.29, 1.82) is 0 Å². The van der Waals surface area contributed by atoms with Crippen LogP contribution in [0, 0.1) is 0 Å². The van der Waals surface area contributed by atoms with Crippen LogP contribution in [0.4, 0.5) is 5.82 Å². The van der Waals surface area contributed by atoms with Crippen molar-refractivity contribution in [3.63, 3.8) is 0 Å². The van der Waals surface area contributed by atoms with Crippen LogP contribution < -0.4 is 10.5 Å². The topological polar surface area (TPSA) is 143 Å². The minimum atomic E-state index is -3.82. The molecule has 0 radical (unpaired) electrons. The van der Waals surface area contributed by atoms with Crippen molar-refractivity contribution in [3.8, 4) is 0 Å². The molecule has 2 aliphatic heterocycles. The van der Waals surface area contributed by atoms with Gasteiger partial charge in [0.05, 0.1) is 12.4 Å². The number of aromatic nitrogens is 4. The Balaban J connectivity index is 1.33. The molecule has 0 spiro atoms. The molecule has 3 N–H and O–H groups in total. The summed E-state index contributed by atoms with van der Waals surface area (Å²) >= 11 is 0. The standard InChI is InChI=1S/C23H26N6O5S/c1-23(2)33-18-16(9-10-35(24,30)31)32-22(19(18)34-23)29-12-27-17-20(25-11-26-21(17)29)28-15-8-7-13-5-3-4-6-14(13)15/h3-6,9-12,15-16,18-19,22H,7-8H2,1-2H3,(H2,24,30,31)(H,25,26,28)/t15?,16-,18-,19-,22-/m1/s1. The van der Waals surface area contributed by atoms with Crippen LogP contribution in [0.2, 0.25) is 0 Å². The molecule has 2 fully saturated rings. The highest BCUT2D eigenvalue weighted by molar-refractivity contribution is 7.92. The first-order valence-corrected chi connectivity index (χ1v) is 13.0. The third-order valence-electron chi connectivity index (χ3n) is 6.60.